The number of rotatable bonds is 6. The lowest BCUT2D eigenvalue weighted by atomic mass is 10.4. The van der Waals surface area contributed by atoms with Crippen molar-refractivity contribution >= 4 is 34.1 Å². The minimum atomic E-state index is -0.361. The Bertz CT molecular complexity index is 512. The molecule has 8 heteroatoms. The zero-order valence-corrected chi connectivity index (χ0v) is 11.3. The molecule has 2 aromatic heterocycles. The Kier molecular flexibility index (Phi) is 4.21. The van der Waals surface area contributed by atoms with Crippen molar-refractivity contribution < 1.29 is 9.21 Å². The first-order valence-corrected chi connectivity index (χ1v) is 6.90. The highest BCUT2D eigenvalue weighted by atomic mass is 32.2. The van der Waals surface area contributed by atoms with Crippen LogP contribution in [0, 0.1) is 0 Å². The summed E-state index contributed by atoms with van der Waals surface area (Å²) in [7, 11) is 0. The Morgan fingerprint density at radius 1 is 1.67 bits per heavy atom. The lowest BCUT2D eigenvalue weighted by molar-refractivity contribution is -0.117. The van der Waals surface area contributed by atoms with E-state index in [-0.39, 0.29) is 11.2 Å². The molecule has 6 nitrogen and oxygen atoms in total. The summed E-state index contributed by atoms with van der Waals surface area (Å²) >= 11 is 2.68. The molecule has 0 bridgehead atoms. The van der Waals surface area contributed by atoms with Gasteiger partial charge in [-0.1, -0.05) is 23.1 Å². The van der Waals surface area contributed by atoms with E-state index >= 15 is 0 Å². The number of carbonyl (C=O) groups is 1. The van der Waals surface area contributed by atoms with Gasteiger partial charge < -0.3 is 15.5 Å². The molecule has 2 rings (SSSR count). The quantitative estimate of drug-likeness (QED) is 0.784. The summed E-state index contributed by atoms with van der Waals surface area (Å²) in [4.78, 5) is 10.9. The third-order valence-corrected chi connectivity index (χ3v) is 4.16. The van der Waals surface area contributed by atoms with Gasteiger partial charge >= 0.3 is 0 Å². The summed E-state index contributed by atoms with van der Waals surface area (Å²) in [5.74, 6) is 0.463. The number of anilines is 1. The molecular weight excluding hydrogens is 272 g/mol. The molecule has 0 spiro atoms. The summed E-state index contributed by atoms with van der Waals surface area (Å²) in [5.41, 5.74) is 5.18. The van der Waals surface area contributed by atoms with E-state index < -0.39 is 0 Å². The van der Waals surface area contributed by atoms with Gasteiger partial charge in [0.1, 0.15) is 5.76 Å². The molecule has 18 heavy (non-hydrogen) atoms. The van der Waals surface area contributed by atoms with Gasteiger partial charge in [0.25, 0.3) is 0 Å². The van der Waals surface area contributed by atoms with Gasteiger partial charge in [-0.15, -0.1) is 10.2 Å². The fraction of sp³-hybridized carbons (Fsp3) is 0.300. The molecule has 1 atom stereocenters. The van der Waals surface area contributed by atoms with E-state index in [2.05, 4.69) is 15.5 Å². The maximum Gasteiger partial charge on any atom is 0.230 e. The van der Waals surface area contributed by atoms with Crippen molar-refractivity contribution in [2.24, 2.45) is 5.73 Å². The van der Waals surface area contributed by atoms with Crippen LogP contribution in [0.5, 0.6) is 0 Å². The molecule has 1 amide bonds. The minimum absolute atomic E-state index is 0.309. The third-order valence-electron chi connectivity index (χ3n) is 2.08. The molecule has 3 N–H and O–H groups in total. The predicted octanol–water partition coefficient (Wildman–Crippen LogP) is 1.71. The van der Waals surface area contributed by atoms with Gasteiger partial charge in [0.15, 0.2) is 4.34 Å². The Labute approximate surface area is 112 Å². The number of aromatic nitrogens is 2. The second kappa shape index (κ2) is 5.87. The average Bonchev–Trinajstić information content (AvgIpc) is 2.96. The number of hydrogen-bond acceptors (Lipinski definition) is 7. The monoisotopic (exact) mass is 284 g/mol. The van der Waals surface area contributed by atoms with Crippen molar-refractivity contribution in [3.8, 4) is 0 Å². The zero-order chi connectivity index (χ0) is 13.0. The predicted molar refractivity (Wildman–Crippen MR) is 70.5 cm³/mol. The van der Waals surface area contributed by atoms with Gasteiger partial charge in [-0.05, 0) is 19.1 Å². The molecule has 0 fully saturated rings. The van der Waals surface area contributed by atoms with Crippen LogP contribution in [0.3, 0.4) is 0 Å². The van der Waals surface area contributed by atoms with Gasteiger partial charge in [-0.25, -0.2) is 0 Å². The largest absolute Gasteiger partial charge is 0.467 e. The number of thioether (sulfide) groups is 1. The second-order valence-corrected chi connectivity index (χ2v) is 6.03. The van der Waals surface area contributed by atoms with Crippen LogP contribution in [-0.4, -0.2) is 21.4 Å². The number of carbonyl (C=O) groups excluding carboxylic acids is 1. The van der Waals surface area contributed by atoms with Crippen molar-refractivity contribution in [3.05, 3.63) is 24.2 Å². The highest BCUT2D eigenvalue weighted by Gasteiger charge is 2.14. The van der Waals surface area contributed by atoms with E-state index in [0.29, 0.717) is 16.0 Å². The van der Waals surface area contributed by atoms with Crippen molar-refractivity contribution in [3.63, 3.8) is 0 Å². The number of primary amides is 1. The highest BCUT2D eigenvalue weighted by molar-refractivity contribution is 8.02. The standard InChI is InChI=1S/C10H12N4O2S2/c1-6(8(11)15)17-10-14-13-9(18-10)12-5-7-3-2-4-16-7/h2-4,6H,5H2,1H3,(H2,11,15)(H,12,13). The molecule has 0 aromatic carbocycles. The smallest absolute Gasteiger partial charge is 0.230 e. The number of amides is 1. The van der Waals surface area contributed by atoms with Crippen LogP contribution in [0.1, 0.15) is 12.7 Å². The summed E-state index contributed by atoms with van der Waals surface area (Å²) in [6, 6.07) is 3.70. The van der Waals surface area contributed by atoms with E-state index in [4.69, 9.17) is 10.2 Å². The van der Waals surface area contributed by atoms with Crippen LogP contribution >= 0.6 is 23.1 Å². The molecule has 0 saturated heterocycles. The summed E-state index contributed by atoms with van der Waals surface area (Å²) in [6.07, 6.45) is 1.62. The number of furan rings is 1. The third kappa shape index (κ3) is 3.47. The Morgan fingerprint density at radius 3 is 3.17 bits per heavy atom. The van der Waals surface area contributed by atoms with E-state index in [1.165, 1.54) is 23.1 Å². The summed E-state index contributed by atoms with van der Waals surface area (Å²) < 4.78 is 5.90. The molecule has 2 heterocycles. The van der Waals surface area contributed by atoms with Gasteiger partial charge in [0.05, 0.1) is 18.1 Å². The first-order chi connectivity index (χ1) is 8.65. The molecular formula is C10H12N4O2S2. The van der Waals surface area contributed by atoms with Gasteiger partial charge in [0, 0.05) is 0 Å². The van der Waals surface area contributed by atoms with Crippen LogP contribution < -0.4 is 11.1 Å². The molecule has 2 aromatic rings. The van der Waals surface area contributed by atoms with Crippen LogP contribution in [0.4, 0.5) is 5.13 Å². The summed E-state index contributed by atoms with van der Waals surface area (Å²) in [6.45, 7) is 2.29. The lowest BCUT2D eigenvalue weighted by Gasteiger charge is -2.01. The fourth-order valence-electron chi connectivity index (χ4n) is 1.11. The lowest BCUT2D eigenvalue weighted by Crippen LogP contribution is -2.22. The van der Waals surface area contributed by atoms with Crippen LogP contribution in [0.2, 0.25) is 0 Å². The SMILES string of the molecule is CC(Sc1nnc(NCc2ccco2)s1)C(N)=O. The zero-order valence-electron chi connectivity index (χ0n) is 9.62. The van der Waals surface area contributed by atoms with E-state index in [9.17, 15) is 4.79 Å². The normalized spacial score (nSPS) is 12.3. The van der Waals surface area contributed by atoms with Crippen LogP contribution in [0.25, 0.3) is 0 Å². The molecule has 0 aliphatic rings. The second-order valence-electron chi connectivity index (χ2n) is 3.47. The first-order valence-electron chi connectivity index (χ1n) is 5.21. The highest BCUT2D eigenvalue weighted by Crippen LogP contribution is 2.28. The molecule has 0 radical (unpaired) electrons. The van der Waals surface area contributed by atoms with E-state index in [1.54, 1.807) is 13.2 Å². The van der Waals surface area contributed by atoms with Crippen LogP contribution in [-0.2, 0) is 11.3 Å². The fourth-order valence-corrected chi connectivity index (χ4v) is 2.96. The number of nitrogens with zero attached hydrogens (tertiary/aromatic N) is 2. The van der Waals surface area contributed by atoms with Gasteiger partial charge in [0.2, 0.25) is 11.0 Å². The Hall–Kier alpha value is -1.54. The molecule has 0 saturated carbocycles. The topological polar surface area (TPSA) is 94.0 Å². The first kappa shape index (κ1) is 12.9. The van der Waals surface area contributed by atoms with Crippen molar-refractivity contribution in [2.45, 2.75) is 23.1 Å². The maximum absolute atomic E-state index is 10.9. The van der Waals surface area contributed by atoms with Crippen molar-refractivity contribution in [2.75, 3.05) is 5.32 Å². The van der Waals surface area contributed by atoms with Crippen LogP contribution in [0.15, 0.2) is 27.2 Å². The number of nitrogens with one attached hydrogen (secondary N) is 1. The molecule has 1 unspecified atom stereocenters. The Balaban J connectivity index is 1.88. The van der Waals surface area contributed by atoms with Gasteiger partial charge in [-0.2, -0.15) is 0 Å². The molecule has 96 valence electrons. The van der Waals surface area contributed by atoms with E-state index in [1.807, 2.05) is 12.1 Å². The van der Waals surface area contributed by atoms with Crippen molar-refractivity contribution in [1.82, 2.24) is 10.2 Å². The summed E-state index contributed by atoms with van der Waals surface area (Å²) in [5, 5.41) is 11.4. The molecule has 0 aliphatic heterocycles. The van der Waals surface area contributed by atoms with Crippen molar-refractivity contribution in [1.29, 1.82) is 0 Å². The number of hydrogen-bond donors (Lipinski definition) is 2. The number of nitrogens with two attached hydrogens (primary N) is 1. The molecule has 0 aliphatic carbocycles. The Morgan fingerprint density at radius 2 is 2.50 bits per heavy atom. The maximum atomic E-state index is 10.9. The van der Waals surface area contributed by atoms with E-state index in [0.717, 1.165) is 5.76 Å². The van der Waals surface area contributed by atoms with Gasteiger partial charge in [-0.3, -0.25) is 4.79 Å². The minimum Gasteiger partial charge on any atom is -0.467 e. The average molecular weight is 284 g/mol.